The van der Waals surface area contributed by atoms with E-state index in [9.17, 15) is 10.2 Å². The van der Waals surface area contributed by atoms with Gasteiger partial charge in [-0.05, 0) is 13.8 Å². The molecule has 16 heavy (non-hydrogen) atoms. The quantitative estimate of drug-likeness (QED) is 0.435. The first kappa shape index (κ1) is 13.8. The zero-order chi connectivity index (χ0) is 12.3. The molecule has 1 saturated carbocycles. The lowest BCUT2D eigenvalue weighted by Crippen LogP contribution is -2.44. The van der Waals surface area contributed by atoms with Crippen LogP contribution in [0.3, 0.4) is 0 Å². The fourth-order valence-corrected chi connectivity index (χ4v) is 1.86. The molecule has 0 aromatic carbocycles. The normalized spacial score (nSPS) is 35.6. The zero-order valence-electron chi connectivity index (χ0n) is 9.67. The average molecular weight is 235 g/mol. The van der Waals surface area contributed by atoms with Gasteiger partial charge in [0.2, 0.25) is 0 Å². The molecule has 1 rings (SSSR count). The van der Waals surface area contributed by atoms with Crippen LogP contribution in [0.1, 0.15) is 20.3 Å². The predicted octanol–water partition coefficient (Wildman–Crippen LogP) is -1.43. The molecule has 6 nitrogen and oxygen atoms in total. The number of hydrogen-bond acceptors (Lipinski definition) is 6. The summed E-state index contributed by atoms with van der Waals surface area (Å²) in [5.74, 6) is -1.28. The highest BCUT2D eigenvalue weighted by molar-refractivity contribution is 4.96. The Morgan fingerprint density at radius 3 is 2.50 bits per heavy atom. The van der Waals surface area contributed by atoms with Crippen molar-refractivity contribution in [2.75, 3.05) is 13.2 Å². The minimum Gasteiger partial charge on any atom is -0.394 e. The minimum absolute atomic E-state index is 0.102. The van der Waals surface area contributed by atoms with Crippen molar-refractivity contribution < 1.29 is 24.8 Å². The van der Waals surface area contributed by atoms with E-state index >= 15 is 0 Å². The summed E-state index contributed by atoms with van der Waals surface area (Å²) >= 11 is 0. The number of nitrogens with two attached hydrogens (primary N) is 1. The molecule has 1 fully saturated rings. The van der Waals surface area contributed by atoms with E-state index in [-0.39, 0.29) is 13.2 Å². The van der Waals surface area contributed by atoms with E-state index in [4.69, 9.17) is 20.3 Å². The Balaban J connectivity index is 2.50. The SMILES string of the molecule is CC(C)(O)OC1CC(OCCO)C(O)C1N. The van der Waals surface area contributed by atoms with Gasteiger partial charge in [-0.2, -0.15) is 0 Å². The van der Waals surface area contributed by atoms with Gasteiger partial charge in [0, 0.05) is 6.42 Å². The summed E-state index contributed by atoms with van der Waals surface area (Å²) < 4.78 is 10.6. The first-order valence-corrected chi connectivity index (χ1v) is 5.41. The first-order valence-electron chi connectivity index (χ1n) is 5.41. The van der Waals surface area contributed by atoms with Gasteiger partial charge in [0.05, 0.1) is 37.6 Å². The van der Waals surface area contributed by atoms with E-state index in [1.165, 1.54) is 13.8 Å². The molecule has 6 heteroatoms. The van der Waals surface area contributed by atoms with E-state index < -0.39 is 30.1 Å². The molecular formula is C10H21NO5. The Bertz CT molecular complexity index is 218. The van der Waals surface area contributed by atoms with Gasteiger partial charge in [-0.3, -0.25) is 0 Å². The van der Waals surface area contributed by atoms with Crippen LogP contribution in [0, 0.1) is 0 Å². The van der Waals surface area contributed by atoms with Crippen LogP contribution in [0.5, 0.6) is 0 Å². The predicted molar refractivity (Wildman–Crippen MR) is 56.6 cm³/mol. The summed E-state index contributed by atoms with van der Waals surface area (Å²) in [7, 11) is 0. The van der Waals surface area contributed by atoms with Crippen LogP contribution in [0.15, 0.2) is 0 Å². The Morgan fingerprint density at radius 1 is 1.38 bits per heavy atom. The Morgan fingerprint density at radius 2 is 2.00 bits per heavy atom. The van der Waals surface area contributed by atoms with E-state index in [0.717, 1.165) is 0 Å². The van der Waals surface area contributed by atoms with Crippen molar-refractivity contribution in [1.29, 1.82) is 0 Å². The Kier molecular flexibility index (Phi) is 4.66. The molecule has 0 aromatic rings. The first-order chi connectivity index (χ1) is 7.35. The highest BCUT2D eigenvalue weighted by atomic mass is 16.6. The second-order valence-electron chi connectivity index (χ2n) is 4.54. The smallest absolute Gasteiger partial charge is 0.160 e. The van der Waals surface area contributed by atoms with Crippen molar-refractivity contribution in [2.45, 2.75) is 50.4 Å². The maximum atomic E-state index is 9.76. The second-order valence-corrected chi connectivity index (χ2v) is 4.54. The second kappa shape index (κ2) is 5.39. The number of ether oxygens (including phenoxy) is 2. The molecule has 0 heterocycles. The van der Waals surface area contributed by atoms with Gasteiger partial charge in [-0.1, -0.05) is 0 Å². The van der Waals surface area contributed by atoms with Crippen LogP contribution < -0.4 is 5.73 Å². The summed E-state index contributed by atoms with van der Waals surface area (Å²) in [5.41, 5.74) is 5.76. The van der Waals surface area contributed by atoms with Crippen molar-refractivity contribution in [3.63, 3.8) is 0 Å². The maximum absolute atomic E-state index is 9.76. The molecule has 0 aliphatic heterocycles. The lowest BCUT2D eigenvalue weighted by atomic mass is 10.2. The van der Waals surface area contributed by atoms with Gasteiger partial charge in [-0.15, -0.1) is 0 Å². The molecular weight excluding hydrogens is 214 g/mol. The third kappa shape index (κ3) is 3.65. The molecule has 0 radical (unpaired) electrons. The number of aliphatic hydroxyl groups excluding tert-OH is 2. The van der Waals surface area contributed by atoms with Crippen molar-refractivity contribution in [2.24, 2.45) is 5.73 Å². The molecule has 0 amide bonds. The van der Waals surface area contributed by atoms with E-state index in [0.29, 0.717) is 6.42 Å². The van der Waals surface area contributed by atoms with Crippen LogP contribution in [-0.2, 0) is 9.47 Å². The zero-order valence-corrected chi connectivity index (χ0v) is 9.67. The lowest BCUT2D eigenvalue weighted by molar-refractivity contribution is -0.208. The summed E-state index contributed by atoms with van der Waals surface area (Å²) in [6.45, 7) is 3.07. The van der Waals surface area contributed by atoms with Crippen LogP contribution in [-0.4, -0.2) is 58.7 Å². The largest absolute Gasteiger partial charge is 0.394 e. The van der Waals surface area contributed by atoms with Gasteiger partial charge >= 0.3 is 0 Å². The van der Waals surface area contributed by atoms with Crippen LogP contribution in [0.2, 0.25) is 0 Å². The van der Waals surface area contributed by atoms with E-state index in [2.05, 4.69) is 0 Å². The molecule has 0 bridgehead atoms. The van der Waals surface area contributed by atoms with Gasteiger partial charge < -0.3 is 30.5 Å². The fourth-order valence-electron chi connectivity index (χ4n) is 1.86. The highest BCUT2D eigenvalue weighted by Gasteiger charge is 2.43. The maximum Gasteiger partial charge on any atom is 0.160 e. The average Bonchev–Trinajstić information content (AvgIpc) is 2.41. The highest BCUT2D eigenvalue weighted by Crippen LogP contribution is 2.27. The van der Waals surface area contributed by atoms with Crippen molar-refractivity contribution in [1.82, 2.24) is 0 Å². The van der Waals surface area contributed by atoms with E-state index in [1.54, 1.807) is 0 Å². The number of rotatable bonds is 5. The van der Waals surface area contributed by atoms with Crippen LogP contribution >= 0.6 is 0 Å². The van der Waals surface area contributed by atoms with Crippen molar-refractivity contribution in [3.8, 4) is 0 Å². The Hall–Kier alpha value is -0.240. The van der Waals surface area contributed by atoms with Crippen molar-refractivity contribution in [3.05, 3.63) is 0 Å². The van der Waals surface area contributed by atoms with Crippen molar-refractivity contribution >= 4 is 0 Å². The summed E-state index contributed by atoms with van der Waals surface area (Å²) in [5, 5.41) is 27.9. The standard InChI is InChI=1S/C10H21NO5/c1-10(2,14)16-6-5-7(15-4-3-12)9(13)8(6)11/h6-9,12-14H,3-5,11H2,1-2H3. The molecule has 0 saturated heterocycles. The van der Waals surface area contributed by atoms with Crippen LogP contribution in [0.4, 0.5) is 0 Å². The van der Waals surface area contributed by atoms with Gasteiger partial charge in [0.15, 0.2) is 5.79 Å². The lowest BCUT2D eigenvalue weighted by Gasteiger charge is -2.26. The monoisotopic (exact) mass is 235 g/mol. The molecule has 1 aliphatic carbocycles. The fraction of sp³-hybridized carbons (Fsp3) is 1.00. The van der Waals surface area contributed by atoms with Gasteiger partial charge in [0.25, 0.3) is 0 Å². The minimum atomic E-state index is -1.28. The third-order valence-corrected chi connectivity index (χ3v) is 2.53. The van der Waals surface area contributed by atoms with Crippen LogP contribution in [0.25, 0.3) is 0 Å². The van der Waals surface area contributed by atoms with Gasteiger partial charge in [-0.25, -0.2) is 0 Å². The number of aliphatic hydroxyl groups is 3. The molecule has 0 spiro atoms. The number of hydrogen-bond donors (Lipinski definition) is 4. The molecule has 4 unspecified atom stereocenters. The molecule has 4 atom stereocenters. The molecule has 5 N–H and O–H groups in total. The Labute approximate surface area is 95.0 Å². The summed E-state index contributed by atoms with van der Waals surface area (Å²) in [6.07, 6.45) is -1.32. The molecule has 0 aromatic heterocycles. The molecule has 1 aliphatic rings. The van der Waals surface area contributed by atoms with Gasteiger partial charge in [0.1, 0.15) is 0 Å². The summed E-state index contributed by atoms with van der Waals surface area (Å²) in [6, 6.07) is -0.588. The topological polar surface area (TPSA) is 105 Å². The van der Waals surface area contributed by atoms with E-state index in [1.807, 2.05) is 0 Å². The molecule has 96 valence electrons. The third-order valence-electron chi connectivity index (χ3n) is 2.53. The summed E-state index contributed by atoms with van der Waals surface area (Å²) in [4.78, 5) is 0.